The highest BCUT2D eigenvalue weighted by Gasteiger charge is 2.17. The maximum Gasteiger partial charge on any atom is 0.341 e. The van der Waals surface area contributed by atoms with E-state index in [1.165, 1.54) is 13.2 Å². The molecule has 0 fully saturated rings. The number of aromatic nitrogens is 1. The molecule has 1 heterocycles. The van der Waals surface area contributed by atoms with E-state index in [1.807, 2.05) is 20.8 Å². The second-order valence-electron chi connectivity index (χ2n) is 5.20. The van der Waals surface area contributed by atoms with Crippen LogP contribution in [0.3, 0.4) is 0 Å². The zero-order valence-corrected chi connectivity index (χ0v) is 13.2. The summed E-state index contributed by atoms with van der Waals surface area (Å²) in [6.45, 7) is 8.39. The lowest BCUT2D eigenvalue weighted by Gasteiger charge is -2.19. The minimum Gasteiger partial charge on any atom is -0.475 e. The summed E-state index contributed by atoms with van der Waals surface area (Å²) in [4.78, 5) is 15.7. The maximum absolute atomic E-state index is 11.5. The summed E-state index contributed by atoms with van der Waals surface area (Å²) < 4.78 is 15.6. The molecule has 0 aliphatic heterocycles. The lowest BCUT2D eigenvalue weighted by Crippen LogP contribution is -2.22. The van der Waals surface area contributed by atoms with Crippen molar-refractivity contribution in [3.05, 3.63) is 22.3 Å². The van der Waals surface area contributed by atoms with Crippen LogP contribution in [0.25, 0.3) is 0 Å². The summed E-state index contributed by atoms with van der Waals surface area (Å²) >= 11 is 6.04. The third-order valence-electron chi connectivity index (χ3n) is 2.39. The monoisotopic (exact) mass is 301 g/mol. The molecule has 0 aliphatic rings. The van der Waals surface area contributed by atoms with Crippen molar-refractivity contribution >= 4 is 17.6 Å². The van der Waals surface area contributed by atoms with E-state index in [4.69, 9.17) is 21.1 Å². The standard InChI is InChI=1S/C14H20ClNO4/c1-9-12(13(17)18-5)10(15)8-11(16-9)19-6-7-20-14(2,3)4/h8H,6-7H2,1-5H3. The van der Waals surface area contributed by atoms with Crippen LogP contribution in [0.2, 0.25) is 5.02 Å². The van der Waals surface area contributed by atoms with Crippen molar-refractivity contribution in [3.63, 3.8) is 0 Å². The smallest absolute Gasteiger partial charge is 0.341 e. The Balaban J connectivity index is 2.68. The molecule has 112 valence electrons. The van der Waals surface area contributed by atoms with Gasteiger partial charge in [-0.05, 0) is 27.7 Å². The lowest BCUT2D eigenvalue weighted by atomic mass is 10.2. The van der Waals surface area contributed by atoms with E-state index >= 15 is 0 Å². The molecule has 0 amide bonds. The van der Waals surface area contributed by atoms with Crippen LogP contribution >= 0.6 is 11.6 Å². The molecule has 1 aromatic heterocycles. The van der Waals surface area contributed by atoms with Crippen LogP contribution in [-0.2, 0) is 9.47 Å². The predicted molar refractivity (Wildman–Crippen MR) is 76.5 cm³/mol. The van der Waals surface area contributed by atoms with E-state index in [-0.39, 0.29) is 16.2 Å². The number of pyridine rings is 1. The summed E-state index contributed by atoms with van der Waals surface area (Å²) in [5.74, 6) is -0.153. The average Bonchev–Trinajstić information content (AvgIpc) is 2.32. The number of ether oxygens (including phenoxy) is 3. The molecule has 0 saturated carbocycles. The van der Waals surface area contributed by atoms with Crippen LogP contribution in [0.5, 0.6) is 5.88 Å². The van der Waals surface area contributed by atoms with E-state index in [0.717, 1.165) is 0 Å². The number of hydrogen-bond donors (Lipinski definition) is 0. The number of esters is 1. The number of aryl methyl sites for hydroxylation is 1. The molecule has 6 heteroatoms. The molecule has 1 aromatic rings. The van der Waals surface area contributed by atoms with E-state index in [1.54, 1.807) is 6.92 Å². The van der Waals surface area contributed by atoms with Crippen LogP contribution in [-0.4, -0.2) is 36.9 Å². The minimum atomic E-state index is -0.511. The van der Waals surface area contributed by atoms with Gasteiger partial charge in [-0.1, -0.05) is 11.6 Å². The Labute approximate surface area is 124 Å². The fraction of sp³-hybridized carbons (Fsp3) is 0.571. The minimum absolute atomic E-state index is 0.209. The second-order valence-corrected chi connectivity index (χ2v) is 5.61. The fourth-order valence-electron chi connectivity index (χ4n) is 1.52. The predicted octanol–water partition coefficient (Wildman–Crippen LogP) is 3.02. The normalized spacial score (nSPS) is 11.3. The summed E-state index contributed by atoms with van der Waals surface area (Å²) in [6.07, 6.45) is 0. The van der Waals surface area contributed by atoms with Crippen LogP contribution in [0.1, 0.15) is 36.8 Å². The molecule has 5 nitrogen and oxygen atoms in total. The SMILES string of the molecule is COC(=O)c1c(Cl)cc(OCCOC(C)(C)C)nc1C. The van der Waals surface area contributed by atoms with Crippen LogP contribution < -0.4 is 4.74 Å². The van der Waals surface area contributed by atoms with Crippen molar-refractivity contribution in [1.29, 1.82) is 0 Å². The van der Waals surface area contributed by atoms with Crippen molar-refractivity contribution in [1.82, 2.24) is 4.98 Å². The number of hydrogen-bond acceptors (Lipinski definition) is 5. The van der Waals surface area contributed by atoms with E-state index in [0.29, 0.717) is 24.8 Å². The zero-order chi connectivity index (χ0) is 15.3. The van der Waals surface area contributed by atoms with Gasteiger partial charge in [0.15, 0.2) is 0 Å². The van der Waals surface area contributed by atoms with E-state index in [9.17, 15) is 4.79 Å². The Morgan fingerprint density at radius 2 is 2.00 bits per heavy atom. The van der Waals surface area contributed by atoms with E-state index in [2.05, 4.69) is 9.72 Å². The average molecular weight is 302 g/mol. The molecule has 20 heavy (non-hydrogen) atoms. The third-order valence-corrected chi connectivity index (χ3v) is 2.68. The first-order valence-corrected chi connectivity index (χ1v) is 6.64. The molecule has 0 radical (unpaired) electrons. The molecule has 0 unspecified atom stereocenters. The number of carbonyl (C=O) groups excluding carboxylic acids is 1. The van der Waals surface area contributed by atoms with Crippen molar-refractivity contribution in [2.75, 3.05) is 20.3 Å². The Morgan fingerprint density at radius 3 is 2.50 bits per heavy atom. The van der Waals surface area contributed by atoms with Crippen LogP contribution in [0.4, 0.5) is 0 Å². The van der Waals surface area contributed by atoms with Crippen molar-refractivity contribution in [3.8, 4) is 5.88 Å². The highest BCUT2D eigenvalue weighted by Crippen LogP contribution is 2.24. The van der Waals surface area contributed by atoms with Crippen molar-refractivity contribution in [2.45, 2.75) is 33.3 Å². The third kappa shape index (κ3) is 4.98. The van der Waals surface area contributed by atoms with Gasteiger partial charge in [-0.25, -0.2) is 9.78 Å². The molecule has 0 aliphatic carbocycles. The first kappa shape index (κ1) is 16.7. The van der Waals surface area contributed by atoms with Gasteiger partial charge in [0, 0.05) is 6.07 Å². The molecule has 0 N–H and O–H groups in total. The van der Waals surface area contributed by atoms with Gasteiger partial charge in [-0.3, -0.25) is 0 Å². The summed E-state index contributed by atoms with van der Waals surface area (Å²) in [5.41, 5.74) is 0.516. The molecule has 0 bridgehead atoms. The van der Waals surface area contributed by atoms with E-state index < -0.39 is 5.97 Å². The number of nitrogens with zero attached hydrogens (tertiary/aromatic N) is 1. The van der Waals surface area contributed by atoms with Crippen molar-refractivity contribution < 1.29 is 19.0 Å². The first-order chi connectivity index (χ1) is 9.24. The van der Waals surface area contributed by atoms with Crippen LogP contribution in [0, 0.1) is 6.92 Å². The Bertz CT molecular complexity index is 460. The van der Waals surface area contributed by atoms with Gasteiger partial charge in [0.1, 0.15) is 6.61 Å². The molecular weight excluding hydrogens is 282 g/mol. The molecule has 0 saturated heterocycles. The quantitative estimate of drug-likeness (QED) is 0.618. The van der Waals surface area contributed by atoms with Gasteiger partial charge in [0.2, 0.25) is 5.88 Å². The Morgan fingerprint density at radius 1 is 1.35 bits per heavy atom. The number of halogens is 1. The summed E-state index contributed by atoms with van der Waals surface area (Å²) in [6, 6.07) is 1.50. The fourth-order valence-corrected chi connectivity index (χ4v) is 1.83. The highest BCUT2D eigenvalue weighted by atomic mass is 35.5. The topological polar surface area (TPSA) is 57.7 Å². The molecule has 1 rings (SSSR count). The van der Waals surface area contributed by atoms with Crippen LogP contribution in [0.15, 0.2) is 6.07 Å². The van der Waals surface area contributed by atoms with Crippen molar-refractivity contribution in [2.24, 2.45) is 0 Å². The largest absolute Gasteiger partial charge is 0.475 e. The molecule has 0 spiro atoms. The van der Waals surface area contributed by atoms with Gasteiger partial charge in [0.05, 0.1) is 35.6 Å². The highest BCUT2D eigenvalue weighted by molar-refractivity contribution is 6.33. The summed E-state index contributed by atoms with van der Waals surface area (Å²) in [7, 11) is 1.30. The second kappa shape index (κ2) is 6.90. The molecule has 0 aromatic carbocycles. The maximum atomic E-state index is 11.5. The number of methoxy groups -OCH3 is 1. The summed E-state index contributed by atoms with van der Waals surface area (Å²) in [5, 5.41) is 0.260. The molecular formula is C14H20ClNO4. The lowest BCUT2D eigenvalue weighted by molar-refractivity contribution is -0.0168. The van der Waals surface area contributed by atoms with Gasteiger partial charge in [0.25, 0.3) is 0 Å². The number of carbonyl (C=O) groups is 1. The zero-order valence-electron chi connectivity index (χ0n) is 12.4. The first-order valence-electron chi connectivity index (χ1n) is 6.27. The Kier molecular flexibility index (Phi) is 5.77. The number of rotatable bonds is 5. The van der Waals surface area contributed by atoms with Gasteiger partial charge in [-0.2, -0.15) is 0 Å². The van der Waals surface area contributed by atoms with Gasteiger partial charge >= 0.3 is 5.97 Å². The van der Waals surface area contributed by atoms with Gasteiger partial charge in [-0.15, -0.1) is 0 Å². The Hall–Kier alpha value is -1.33. The van der Waals surface area contributed by atoms with Gasteiger partial charge < -0.3 is 14.2 Å². The molecule has 0 atom stereocenters.